The summed E-state index contributed by atoms with van der Waals surface area (Å²) < 4.78 is 7.71. The predicted molar refractivity (Wildman–Crippen MR) is 83.3 cm³/mol. The first-order chi connectivity index (χ1) is 9.45. The van der Waals surface area contributed by atoms with Crippen LogP contribution in [0, 0.1) is 0 Å². The van der Waals surface area contributed by atoms with Crippen LogP contribution in [0.1, 0.15) is 32.5 Å². The fourth-order valence-corrected chi connectivity index (χ4v) is 2.23. The van der Waals surface area contributed by atoms with Crippen molar-refractivity contribution >= 4 is 11.6 Å². The summed E-state index contributed by atoms with van der Waals surface area (Å²) in [6, 6.07) is 0.0690. The van der Waals surface area contributed by atoms with Crippen LogP contribution in [-0.4, -0.2) is 54.6 Å². The molecule has 0 radical (unpaired) electrons. The van der Waals surface area contributed by atoms with E-state index in [2.05, 4.69) is 36.3 Å². The Balaban J connectivity index is 2.84. The molecule has 20 heavy (non-hydrogen) atoms. The molecule has 0 bridgehead atoms. The third-order valence-electron chi connectivity index (χ3n) is 2.97. The highest BCUT2D eigenvalue weighted by Crippen LogP contribution is 2.23. The Morgan fingerprint density at radius 1 is 1.45 bits per heavy atom. The van der Waals surface area contributed by atoms with Crippen molar-refractivity contribution < 1.29 is 4.74 Å². The predicted octanol–water partition coefficient (Wildman–Crippen LogP) is 2.17. The Labute approximate surface area is 127 Å². The summed E-state index contributed by atoms with van der Waals surface area (Å²) in [5.41, 5.74) is 1.01. The lowest BCUT2D eigenvalue weighted by molar-refractivity contribution is 0.0596. The lowest BCUT2D eigenvalue weighted by Crippen LogP contribution is -2.30. The molecule has 5 nitrogen and oxygen atoms in total. The topological polar surface area (TPSA) is 42.3 Å². The molecule has 1 N–H and O–H groups in total. The highest BCUT2D eigenvalue weighted by Gasteiger charge is 2.20. The van der Waals surface area contributed by atoms with Crippen LogP contribution >= 0.6 is 11.6 Å². The van der Waals surface area contributed by atoms with Gasteiger partial charge in [-0.25, -0.2) is 0 Å². The van der Waals surface area contributed by atoms with E-state index in [4.69, 9.17) is 16.3 Å². The van der Waals surface area contributed by atoms with Gasteiger partial charge in [0.05, 0.1) is 42.2 Å². The lowest BCUT2D eigenvalue weighted by Gasteiger charge is -2.22. The van der Waals surface area contributed by atoms with Gasteiger partial charge < -0.3 is 15.0 Å². The highest BCUT2D eigenvalue weighted by molar-refractivity contribution is 6.31. The fourth-order valence-electron chi connectivity index (χ4n) is 1.96. The van der Waals surface area contributed by atoms with Gasteiger partial charge in [-0.05, 0) is 34.5 Å². The Morgan fingerprint density at radius 3 is 2.70 bits per heavy atom. The maximum absolute atomic E-state index is 6.31. The first kappa shape index (κ1) is 17.4. The van der Waals surface area contributed by atoms with Crippen molar-refractivity contribution in [3.05, 3.63) is 16.9 Å². The molecular formula is C14H27ClN4O. The summed E-state index contributed by atoms with van der Waals surface area (Å²) in [7, 11) is 4.10. The number of ether oxygens (including phenoxy) is 1. The average Bonchev–Trinajstić information content (AvgIpc) is 2.73. The van der Waals surface area contributed by atoms with E-state index in [0.29, 0.717) is 11.6 Å². The Morgan fingerprint density at radius 2 is 2.15 bits per heavy atom. The first-order valence-corrected chi connectivity index (χ1v) is 7.54. The molecule has 0 fully saturated rings. The van der Waals surface area contributed by atoms with Crippen molar-refractivity contribution in [1.29, 1.82) is 0 Å². The quantitative estimate of drug-likeness (QED) is 0.759. The number of hydrogen-bond acceptors (Lipinski definition) is 4. The summed E-state index contributed by atoms with van der Waals surface area (Å²) in [5, 5.41) is 8.50. The van der Waals surface area contributed by atoms with Gasteiger partial charge in [0.15, 0.2) is 0 Å². The van der Waals surface area contributed by atoms with Gasteiger partial charge >= 0.3 is 0 Å². The van der Waals surface area contributed by atoms with Crippen LogP contribution in [0.2, 0.25) is 5.02 Å². The molecule has 1 aromatic rings. The summed E-state index contributed by atoms with van der Waals surface area (Å²) in [6.45, 7) is 9.35. The van der Waals surface area contributed by atoms with E-state index in [1.165, 1.54) is 0 Å². The van der Waals surface area contributed by atoms with Crippen LogP contribution in [0.25, 0.3) is 0 Å². The Hall–Kier alpha value is -0.620. The minimum atomic E-state index is 0.0690. The zero-order valence-corrected chi connectivity index (χ0v) is 13.9. The van der Waals surface area contributed by atoms with E-state index in [0.717, 1.165) is 25.3 Å². The van der Waals surface area contributed by atoms with Gasteiger partial charge in [0.2, 0.25) is 0 Å². The number of halogens is 1. The minimum absolute atomic E-state index is 0.0690. The van der Waals surface area contributed by atoms with Crippen LogP contribution in [-0.2, 0) is 11.3 Å². The third-order valence-corrected chi connectivity index (χ3v) is 3.26. The molecule has 0 aliphatic carbocycles. The van der Waals surface area contributed by atoms with Crippen molar-refractivity contribution in [2.24, 2.45) is 0 Å². The summed E-state index contributed by atoms with van der Waals surface area (Å²) in [5.74, 6) is 0. The molecular weight excluding hydrogens is 276 g/mol. The van der Waals surface area contributed by atoms with Crippen molar-refractivity contribution in [3.8, 4) is 0 Å². The van der Waals surface area contributed by atoms with Crippen LogP contribution in [0.5, 0.6) is 0 Å². The number of aromatic nitrogens is 2. The van der Waals surface area contributed by atoms with Gasteiger partial charge in [0, 0.05) is 6.54 Å². The van der Waals surface area contributed by atoms with Gasteiger partial charge in [-0.1, -0.05) is 18.5 Å². The first-order valence-electron chi connectivity index (χ1n) is 7.16. The van der Waals surface area contributed by atoms with E-state index in [1.807, 2.05) is 18.5 Å². The van der Waals surface area contributed by atoms with Gasteiger partial charge in [-0.3, -0.25) is 4.68 Å². The van der Waals surface area contributed by atoms with Crippen molar-refractivity contribution in [2.75, 3.05) is 33.8 Å². The molecule has 1 unspecified atom stereocenters. The molecule has 0 saturated carbocycles. The molecule has 1 heterocycles. The van der Waals surface area contributed by atoms with Crippen molar-refractivity contribution in [3.63, 3.8) is 0 Å². The van der Waals surface area contributed by atoms with E-state index in [9.17, 15) is 0 Å². The standard InChI is InChI=1S/C14H27ClN4O/c1-6-16-13(10-20-11(2)3)14-12(15)9-17-19(14)8-7-18(4)5/h9,11,13,16H,6-8,10H2,1-5H3. The summed E-state index contributed by atoms with van der Waals surface area (Å²) in [4.78, 5) is 2.13. The number of nitrogens with zero attached hydrogens (tertiary/aromatic N) is 3. The van der Waals surface area contributed by atoms with E-state index in [1.54, 1.807) is 6.20 Å². The minimum Gasteiger partial charge on any atom is -0.377 e. The maximum Gasteiger partial charge on any atom is 0.0835 e. The number of nitrogens with one attached hydrogen (secondary N) is 1. The summed E-state index contributed by atoms with van der Waals surface area (Å²) >= 11 is 6.31. The second-order valence-corrected chi connectivity index (χ2v) is 5.80. The average molecular weight is 303 g/mol. The van der Waals surface area contributed by atoms with E-state index < -0.39 is 0 Å². The Kier molecular flexibility index (Phi) is 7.51. The van der Waals surface area contributed by atoms with Gasteiger partial charge in [-0.15, -0.1) is 0 Å². The van der Waals surface area contributed by atoms with Gasteiger partial charge in [-0.2, -0.15) is 5.10 Å². The van der Waals surface area contributed by atoms with Crippen molar-refractivity contribution in [1.82, 2.24) is 20.0 Å². The van der Waals surface area contributed by atoms with Crippen molar-refractivity contribution in [2.45, 2.75) is 39.5 Å². The maximum atomic E-state index is 6.31. The molecule has 0 aliphatic heterocycles. The van der Waals surface area contributed by atoms with Crippen LogP contribution in [0.15, 0.2) is 6.20 Å². The molecule has 0 aromatic carbocycles. The largest absolute Gasteiger partial charge is 0.377 e. The second-order valence-electron chi connectivity index (χ2n) is 5.40. The van der Waals surface area contributed by atoms with E-state index >= 15 is 0 Å². The van der Waals surface area contributed by atoms with E-state index in [-0.39, 0.29) is 12.1 Å². The fraction of sp³-hybridized carbons (Fsp3) is 0.786. The molecule has 1 atom stereocenters. The van der Waals surface area contributed by atoms with Gasteiger partial charge in [0.1, 0.15) is 0 Å². The van der Waals surface area contributed by atoms with Crippen LogP contribution in [0.3, 0.4) is 0 Å². The molecule has 6 heteroatoms. The summed E-state index contributed by atoms with van der Waals surface area (Å²) in [6.07, 6.45) is 1.92. The molecule has 1 rings (SSSR count). The Bertz CT molecular complexity index is 393. The number of hydrogen-bond donors (Lipinski definition) is 1. The normalized spacial score (nSPS) is 13.4. The van der Waals surface area contributed by atoms with Gasteiger partial charge in [0.25, 0.3) is 0 Å². The smallest absolute Gasteiger partial charge is 0.0835 e. The van der Waals surface area contributed by atoms with Crippen LogP contribution in [0.4, 0.5) is 0 Å². The molecule has 1 aromatic heterocycles. The zero-order chi connectivity index (χ0) is 15.1. The monoisotopic (exact) mass is 302 g/mol. The third kappa shape index (κ3) is 5.40. The molecule has 0 amide bonds. The molecule has 116 valence electrons. The molecule has 0 aliphatic rings. The lowest BCUT2D eigenvalue weighted by atomic mass is 10.2. The molecule has 0 spiro atoms. The molecule has 0 saturated heterocycles. The van der Waals surface area contributed by atoms with Crippen LogP contribution < -0.4 is 5.32 Å². The second kappa shape index (κ2) is 8.62. The number of rotatable bonds is 9. The SMILES string of the molecule is CCNC(COC(C)C)c1c(Cl)cnn1CCN(C)C. The highest BCUT2D eigenvalue weighted by atomic mass is 35.5. The number of likely N-dealkylation sites (N-methyl/N-ethyl adjacent to an activating group) is 2. The zero-order valence-electron chi connectivity index (χ0n) is 13.2.